The molecule has 3 N–H and O–H groups in total. The third-order valence-corrected chi connectivity index (χ3v) is 6.29. The fourth-order valence-electron chi connectivity index (χ4n) is 2.66. The highest BCUT2D eigenvalue weighted by molar-refractivity contribution is 9.10. The number of nitrogens with two attached hydrogens (primary N) is 1. The van der Waals surface area contributed by atoms with Crippen molar-refractivity contribution in [3.8, 4) is 0 Å². The number of nitrogen functional groups attached to an aromatic ring is 1. The molecule has 3 aromatic rings. The summed E-state index contributed by atoms with van der Waals surface area (Å²) < 4.78 is 42.4. The maximum absolute atomic E-state index is 14.3. The van der Waals surface area contributed by atoms with Gasteiger partial charge in [-0.1, -0.05) is 22.5 Å². The molecule has 0 aliphatic heterocycles. The van der Waals surface area contributed by atoms with E-state index in [-0.39, 0.29) is 4.90 Å². The Balaban J connectivity index is 1.96. The largest absolute Gasteiger partial charge is 0.397 e. The van der Waals surface area contributed by atoms with Gasteiger partial charge >= 0.3 is 0 Å². The van der Waals surface area contributed by atoms with Gasteiger partial charge in [0.25, 0.3) is 0 Å². The van der Waals surface area contributed by atoms with E-state index in [4.69, 9.17) is 5.73 Å². The van der Waals surface area contributed by atoms with E-state index in [9.17, 15) is 12.8 Å². The van der Waals surface area contributed by atoms with Crippen LogP contribution in [0, 0.1) is 5.82 Å². The number of sulfone groups is 1. The van der Waals surface area contributed by atoms with Crippen LogP contribution in [0.1, 0.15) is 5.69 Å². The van der Waals surface area contributed by atoms with Gasteiger partial charge < -0.3 is 15.6 Å². The molecular weight excluding hydrogens is 433 g/mol. The number of benzene rings is 2. The molecular formula is C19H17BrFN3O2S. The number of aromatic nitrogens is 1. The van der Waals surface area contributed by atoms with Gasteiger partial charge in [-0.15, -0.1) is 0 Å². The number of halogens is 2. The minimum Gasteiger partial charge on any atom is -0.397 e. The van der Waals surface area contributed by atoms with E-state index in [0.29, 0.717) is 17.1 Å². The fourth-order valence-corrected chi connectivity index (χ4v) is 4.28. The van der Waals surface area contributed by atoms with Crippen LogP contribution >= 0.6 is 15.9 Å². The Hall–Kier alpha value is -2.58. The lowest BCUT2D eigenvalue weighted by molar-refractivity contribution is 0.567. The van der Waals surface area contributed by atoms with E-state index in [0.717, 1.165) is 16.2 Å². The van der Waals surface area contributed by atoms with Crippen LogP contribution in [0.15, 0.2) is 75.6 Å². The van der Waals surface area contributed by atoms with Crippen LogP contribution in [0.4, 0.5) is 15.8 Å². The van der Waals surface area contributed by atoms with Crippen LogP contribution in [0.3, 0.4) is 0 Å². The Labute approximate surface area is 165 Å². The molecule has 0 aliphatic carbocycles. The lowest BCUT2D eigenvalue weighted by atomic mass is 10.2. The van der Waals surface area contributed by atoms with Gasteiger partial charge in [-0.05, 0) is 48.5 Å². The van der Waals surface area contributed by atoms with Gasteiger partial charge in [0.15, 0.2) is 0 Å². The van der Waals surface area contributed by atoms with E-state index in [1.165, 1.54) is 24.3 Å². The molecule has 1 aromatic heterocycles. The summed E-state index contributed by atoms with van der Waals surface area (Å²) >= 11 is 3.25. The predicted molar refractivity (Wildman–Crippen MR) is 108 cm³/mol. The van der Waals surface area contributed by atoms with Gasteiger partial charge in [-0.2, -0.15) is 0 Å². The highest BCUT2D eigenvalue weighted by Crippen LogP contribution is 2.28. The molecule has 0 fully saturated rings. The molecule has 5 nitrogen and oxygen atoms in total. The van der Waals surface area contributed by atoms with Crippen molar-refractivity contribution in [2.24, 2.45) is 7.05 Å². The van der Waals surface area contributed by atoms with Gasteiger partial charge in [0.05, 0.1) is 22.0 Å². The average molecular weight is 450 g/mol. The molecule has 0 saturated heterocycles. The minimum atomic E-state index is -4.00. The second-order valence-corrected chi connectivity index (χ2v) is 8.81. The Morgan fingerprint density at radius 1 is 1.19 bits per heavy atom. The molecule has 3 rings (SSSR count). The molecule has 1 heterocycles. The number of anilines is 2. The molecule has 0 atom stereocenters. The molecule has 0 radical (unpaired) electrons. The summed E-state index contributed by atoms with van der Waals surface area (Å²) in [6, 6.07) is 11.6. The van der Waals surface area contributed by atoms with Crippen LogP contribution in [0.2, 0.25) is 0 Å². The van der Waals surface area contributed by atoms with Crippen molar-refractivity contribution in [3.63, 3.8) is 0 Å². The summed E-state index contributed by atoms with van der Waals surface area (Å²) in [7, 11) is -2.19. The number of aryl methyl sites for hydroxylation is 1. The molecule has 8 heteroatoms. The second kappa shape index (κ2) is 7.21. The molecule has 140 valence electrons. The third-order valence-electron chi connectivity index (χ3n) is 3.98. The van der Waals surface area contributed by atoms with Gasteiger partial charge in [0, 0.05) is 23.4 Å². The predicted octanol–water partition coefficient (Wildman–Crippen LogP) is 4.42. The van der Waals surface area contributed by atoms with Crippen LogP contribution in [-0.2, 0) is 16.9 Å². The van der Waals surface area contributed by atoms with Crippen LogP contribution < -0.4 is 11.1 Å². The quantitative estimate of drug-likeness (QED) is 0.603. The van der Waals surface area contributed by atoms with Crippen LogP contribution in [0.25, 0.3) is 5.70 Å². The maximum atomic E-state index is 14.3. The van der Waals surface area contributed by atoms with Crippen molar-refractivity contribution < 1.29 is 12.8 Å². The first-order valence-electron chi connectivity index (χ1n) is 7.87. The SMILES string of the molecule is C=C(Nc1ccc(F)c(S(=O)(=O)c2ccc(Br)cc2)c1)c1cc(N)cn1C. The van der Waals surface area contributed by atoms with Gasteiger partial charge in [0.1, 0.15) is 10.7 Å². The molecule has 27 heavy (non-hydrogen) atoms. The summed E-state index contributed by atoms with van der Waals surface area (Å²) in [5.74, 6) is -0.822. The molecule has 0 amide bonds. The number of hydrogen-bond acceptors (Lipinski definition) is 4. The second-order valence-electron chi connectivity index (χ2n) is 5.98. The van der Waals surface area contributed by atoms with Crippen molar-refractivity contribution in [2.45, 2.75) is 9.79 Å². The molecule has 2 aromatic carbocycles. The molecule has 0 bridgehead atoms. The Morgan fingerprint density at radius 3 is 2.44 bits per heavy atom. The monoisotopic (exact) mass is 449 g/mol. The molecule has 0 aliphatic rings. The van der Waals surface area contributed by atoms with Crippen molar-refractivity contribution in [1.29, 1.82) is 0 Å². The van der Waals surface area contributed by atoms with Crippen molar-refractivity contribution in [3.05, 3.63) is 77.3 Å². The Bertz CT molecular complexity index is 1120. The smallest absolute Gasteiger partial charge is 0.209 e. The average Bonchev–Trinajstić information content (AvgIpc) is 2.95. The zero-order valence-electron chi connectivity index (χ0n) is 14.4. The lowest BCUT2D eigenvalue weighted by Gasteiger charge is -2.13. The van der Waals surface area contributed by atoms with E-state index < -0.39 is 20.5 Å². The standard InChI is InChI=1S/C19H17BrFN3O2S/c1-12(18-9-14(22)11-24(18)2)23-15-5-8-17(21)19(10-15)27(25,26)16-6-3-13(20)4-7-16/h3-11,23H,1,22H2,2H3. The van der Waals surface area contributed by atoms with Gasteiger partial charge in [-0.25, -0.2) is 12.8 Å². The van der Waals surface area contributed by atoms with E-state index in [1.807, 2.05) is 7.05 Å². The summed E-state index contributed by atoms with van der Waals surface area (Å²) in [6.07, 6.45) is 1.73. The summed E-state index contributed by atoms with van der Waals surface area (Å²) in [6.45, 7) is 3.94. The van der Waals surface area contributed by atoms with E-state index >= 15 is 0 Å². The number of rotatable bonds is 5. The van der Waals surface area contributed by atoms with E-state index in [2.05, 4.69) is 27.8 Å². The van der Waals surface area contributed by atoms with E-state index in [1.54, 1.807) is 29.0 Å². The maximum Gasteiger partial charge on any atom is 0.209 e. The topological polar surface area (TPSA) is 77.1 Å². The van der Waals surface area contributed by atoms with Crippen molar-refractivity contribution in [2.75, 3.05) is 11.1 Å². The Morgan fingerprint density at radius 2 is 1.85 bits per heavy atom. The highest BCUT2D eigenvalue weighted by atomic mass is 79.9. The zero-order chi connectivity index (χ0) is 19.8. The molecule has 0 unspecified atom stereocenters. The summed E-state index contributed by atoms with van der Waals surface area (Å²) in [4.78, 5) is -0.398. The molecule has 0 spiro atoms. The summed E-state index contributed by atoms with van der Waals surface area (Å²) in [5, 5.41) is 3.00. The van der Waals surface area contributed by atoms with Crippen molar-refractivity contribution >= 4 is 42.8 Å². The van der Waals surface area contributed by atoms with Crippen molar-refractivity contribution in [1.82, 2.24) is 4.57 Å². The minimum absolute atomic E-state index is 0.00999. The first kappa shape index (κ1) is 19.2. The van der Waals surface area contributed by atoms with Crippen LogP contribution in [0.5, 0.6) is 0 Å². The third kappa shape index (κ3) is 3.91. The molecule has 0 saturated carbocycles. The number of hydrogen-bond donors (Lipinski definition) is 2. The number of nitrogens with zero attached hydrogens (tertiary/aromatic N) is 1. The first-order chi connectivity index (χ1) is 12.7. The lowest BCUT2D eigenvalue weighted by Crippen LogP contribution is -2.07. The zero-order valence-corrected chi connectivity index (χ0v) is 16.8. The highest BCUT2D eigenvalue weighted by Gasteiger charge is 2.22. The first-order valence-corrected chi connectivity index (χ1v) is 10.1. The van der Waals surface area contributed by atoms with Gasteiger partial charge in [0.2, 0.25) is 9.84 Å². The normalized spacial score (nSPS) is 11.4. The Kier molecular flexibility index (Phi) is 5.12. The van der Waals surface area contributed by atoms with Crippen LogP contribution in [-0.4, -0.2) is 13.0 Å². The number of nitrogens with one attached hydrogen (secondary N) is 1. The summed E-state index contributed by atoms with van der Waals surface area (Å²) in [5.41, 5.74) is 7.98. The van der Waals surface area contributed by atoms with Gasteiger partial charge in [-0.3, -0.25) is 0 Å². The fraction of sp³-hybridized carbons (Fsp3) is 0.0526.